The SMILES string of the molecule is CCC(C)NC(=O)C(C)N(Cc1cccc(Cl)c1)C(=O)CN(c1cc(Cl)ccc1OC)S(=O)(=O)c1ccc(C)c([N+](=O)[O-])c1. The summed E-state index contributed by atoms with van der Waals surface area (Å²) in [4.78, 5) is 39.1. The number of benzene rings is 3. The number of nitro groups is 1. The topological polar surface area (TPSA) is 139 Å². The minimum atomic E-state index is -4.63. The highest BCUT2D eigenvalue weighted by molar-refractivity contribution is 7.92. The minimum Gasteiger partial charge on any atom is -0.495 e. The van der Waals surface area contributed by atoms with Crippen LogP contribution in [0.4, 0.5) is 11.4 Å². The Morgan fingerprint density at radius 1 is 1.05 bits per heavy atom. The van der Waals surface area contributed by atoms with Crippen LogP contribution in [0.1, 0.15) is 38.3 Å². The molecule has 3 rings (SSSR count). The van der Waals surface area contributed by atoms with Crippen LogP contribution in [0.25, 0.3) is 0 Å². The molecular weight excluding hydrogens is 631 g/mol. The van der Waals surface area contributed by atoms with Crippen LogP contribution in [-0.4, -0.2) is 55.8 Å². The fraction of sp³-hybridized carbons (Fsp3) is 0.333. The first kappa shape index (κ1) is 34.6. The Kier molecular flexibility index (Phi) is 11.6. The van der Waals surface area contributed by atoms with Gasteiger partial charge >= 0.3 is 0 Å². The van der Waals surface area contributed by atoms with Crippen molar-refractivity contribution in [3.8, 4) is 5.75 Å². The molecule has 1 N–H and O–H groups in total. The van der Waals surface area contributed by atoms with E-state index in [0.717, 1.165) is 10.4 Å². The zero-order chi connectivity index (χ0) is 32.8. The number of methoxy groups -OCH3 is 1. The number of amides is 2. The molecule has 0 spiro atoms. The maximum atomic E-state index is 14.2. The first-order valence-corrected chi connectivity index (χ1v) is 15.8. The Morgan fingerprint density at radius 2 is 1.73 bits per heavy atom. The van der Waals surface area contributed by atoms with Gasteiger partial charge < -0.3 is 15.0 Å². The zero-order valence-corrected chi connectivity index (χ0v) is 27.2. The zero-order valence-electron chi connectivity index (χ0n) is 24.9. The van der Waals surface area contributed by atoms with E-state index in [4.69, 9.17) is 27.9 Å². The highest BCUT2D eigenvalue weighted by Gasteiger charge is 2.35. The third-order valence-corrected chi connectivity index (χ3v) is 9.29. The number of carbonyl (C=O) groups is 2. The van der Waals surface area contributed by atoms with Gasteiger partial charge in [-0.2, -0.15) is 0 Å². The van der Waals surface area contributed by atoms with E-state index < -0.39 is 49.9 Å². The highest BCUT2D eigenvalue weighted by Crippen LogP contribution is 2.36. The van der Waals surface area contributed by atoms with Crippen molar-refractivity contribution in [1.82, 2.24) is 10.2 Å². The van der Waals surface area contributed by atoms with E-state index in [-0.39, 0.29) is 34.6 Å². The molecule has 2 unspecified atom stereocenters. The van der Waals surface area contributed by atoms with Gasteiger partial charge in [0.25, 0.3) is 15.7 Å². The quantitative estimate of drug-likeness (QED) is 0.181. The number of nitro benzene ring substituents is 1. The van der Waals surface area contributed by atoms with Crippen molar-refractivity contribution in [3.63, 3.8) is 0 Å². The van der Waals surface area contributed by atoms with Gasteiger partial charge in [-0.3, -0.25) is 24.0 Å². The summed E-state index contributed by atoms with van der Waals surface area (Å²) in [7, 11) is -3.31. The van der Waals surface area contributed by atoms with Crippen LogP contribution in [0.5, 0.6) is 5.75 Å². The minimum absolute atomic E-state index is 0.0644. The monoisotopic (exact) mass is 664 g/mol. The van der Waals surface area contributed by atoms with Crippen molar-refractivity contribution in [3.05, 3.63) is 92.0 Å². The summed E-state index contributed by atoms with van der Waals surface area (Å²) in [5.41, 5.74) is 0.382. The summed E-state index contributed by atoms with van der Waals surface area (Å²) in [6.45, 7) is 5.90. The van der Waals surface area contributed by atoms with E-state index in [0.29, 0.717) is 17.0 Å². The lowest BCUT2D eigenvalue weighted by molar-refractivity contribution is -0.385. The van der Waals surface area contributed by atoms with E-state index in [9.17, 15) is 28.1 Å². The van der Waals surface area contributed by atoms with Gasteiger partial charge in [0.15, 0.2) is 0 Å². The lowest BCUT2D eigenvalue weighted by Crippen LogP contribution is -2.52. The first-order chi connectivity index (χ1) is 20.7. The molecule has 236 valence electrons. The number of halogens is 2. The van der Waals surface area contributed by atoms with Gasteiger partial charge in [0.2, 0.25) is 11.8 Å². The number of nitrogens with one attached hydrogen (secondary N) is 1. The molecule has 0 radical (unpaired) electrons. The number of rotatable bonds is 13. The molecule has 0 saturated carbocycles. The normalized spacial score (nSPS) is 12.6. The van der Waals surface area contributed by atoms with Gasteiger partial charge in [-0.15, -0.1) is 0 Å². The summed E-state index contributed by atoms with van der Waals surface area (Å²) >= 11 is 12.4. The highest BCUT2D eigenvalue weighted by atomic mass is 35.5. The molecule has 3 aromatic carbocycles. The average Bonchev–Trinajstić information content (AvgIpc) is 2.97. The molecule has 0 aliphatic carbocycles. The van der Waals surface area contributed by atoms with Crippen molar-refractivity contribution in [2.75, 3.05) is 18.0 Å². The molecule has 0 bridgehead atoms. The molecule has 3 aromatic rings. The van der Waals surface area contributed by atoms with Crippen molar-refractivity contribution in [2.45, 2.75) is 57.6 Å². The third-order valence-electron chi connectivity index (χ3n) is 7.06. The predicted molar refractivity (Wildman–Crippen MR) is 170 cm³/mol. The number of hydrogen-bond acceptors (Lipinski definition) is 7. The number of aryl methyl sites for hydroxylation is 1. The van der Waals surface area contributed by atoms with Crippen LogP contribution in [0.3, 0.4) is 0 Å². The van der Waals surface area contributed by atoms with E-state index in [1.165, 1.54) is 49.3 Å². The van der Waals surface area contributed by atoms with E-state index in [2.05, 4.69) is 5.32 Å². The smallest absolute Gasteiger partial charge is 0.273 e. The molecule has 0 saturated heterocycles. The third kappa shape index (κ3) is 8.19. The van der Waals surface area contributed by atoms with Crippen molar-refractivity contribution < 1.29 is 27.7 Å². The second-order valence-electron chi connectivity index (χ2n) is 10.2. The molecule has 2 atom stereocenters. The van der Waals surface area contributed by atoms with Crippen LogP contribution in [0.15, 0.2) is 65.6 Å². The van der Waals surface area contributed by atoms with Crippen molar-refractivity contribution in [2.24, 2.45) is 0 Å². The van der Waals surface area contributed by atoms with Crippen LogP contribution >= 0.6 is 23.2 Å². The summed E-state index contributed by atoms with van der Waals surface area (Å²) in [5.74, 6) is -1.08. The molecule has 0 aliphatic heterocycles. The van der Waals surface area contributed by atoms with Crippen molar-refractivity contribution in [1.29, 1.82) is 0 Å². The maximum absolute atomic E-state index is 14.2. The van der Waals surface area contributed by atoms with Crippen molar-refractivity contribution >= 4 is 56.4 Å². The molecule has 14 heteroatoms. The Morgan fingerprint density at radius 3 is 2.34 bits per heavy atom. The van der Waals surface area contributed by atoms with Gasteiger partial charge in [-0.1, -0.05) is 48.3 Å². The standard InChI is InChI=1S/C30H34Cl2N4O7S/c1-6-20(3)33-30(38)21(4)34(17-22-8-7-9-23(31)14-22)29(37)18-35(27-15-24(32)11-13-28(27)43-5)44(41,42)25-12-10-19(2)26(16-25)36(39)40/h7-16,20-21H,6,17-18H2,1-5H3,(H,33,38). The van der Waals surface area contributed by atoms with Gasteiger partial charge in [-0.05, 0) is 69.2 Å². The van der Waals surface area contributed by atoms with Crippen LogP contribution < -0.4 is 14.4 Å². The second kappa shape index (κ2) is 14.7. The lowest BCUT2D eigenvalue weighted by atomic mass is 10.1. The molecule has 11 nitrogen and oxygen atoms in total. The van der Waals surface area contributed by atoms with E-state index in [1.54, 1.807) is 31.2 Å². The Bertz CT molecular complexity index is 1650. The molecule has 0 aliphatic rings. The molecule has 44 heavy (non-hydrogen) atoms. The lowest BCUT2D eigenvalue weighted by Gasteiger charge is -2.33. The number of hydrogen-bond donors (Lipinski definition) is 1. The first-order valence-electron chi connectivity index (χ1n) is 13.6. The number of ether oxygens (including phenoxy) is 1. The molecular formula is C30H34Cl2N4O7S. The average molecular weight is 666 g/mol. The van der Waals surface area contributed by atoms with Crippen LogP contribution in [-0.2, 0) is 26.2 Å². The summed E-state index contributed by atoms with van der Waals surface area (Å²) < 4.78 is 34.6. The molecule has 2 amide bonds. The van der Waals surface area contributed by atoms with Gasteiger partial charge in [0.1, 0.15) is 18.3 Å². The fourth-order valence-corrected chi connectivity index (χ4v) is 6.14. The van der Waals surface area contributed by atoms with Crippen LogP contribution in [0, 0.1) is 17.0 Å². The number of carbonyl (C=O) groups excluding carboxylic acids is 2. The fourth-order valence-electron chi connectivity index (χ4n) is 4.33. The molecule has 0 heterocycles. The van der Waals surface area contributed by atoms with Crippen LogP contribution in [0.2, 0.25) is 10.0 Å². The summed E-state index contributed by atoms with van der Waals surface area (Å²) in [6.07, 6.45) is 0.657. The summed E-state index contributed by atoms with van der Waals surface area (Å²) in [5, 5.41) is 15.1. The second-order valence-corrected chi connectivity index (χ2v) is 12.9. The van der Waals surface area contributed by atoms with Gasteiger partial charge in [0, 0.05) is 34.3 Å². The van der Waals surface area contributed by atoms with Gasteiger partial charge in [-0.25, -0.2) is 8.42 Å². The molecule has 0 fully saturated rings. The van der Waals surface area contributed by atoms with Gasteiger partial charge in [0.05, 0.1) is 22.6 Å². The molecule has 0 aromatic heterocycles. The van der Waals surface area contributed by atoms with E-state index >= 15 is 0 Å². The summed E-state index contributed by atoms with van der Waals surface area (Å²) in [6, 6.07) is 13.3. The number of nitrogens with zero attached hydrogens (tertiary/aromatic N) is 3. The Hall–Kier alpha value is -3.87. The number of anilines is 1. The number of sulfonamides is 1. The Balaban J connectivity index is 2.16. The largest absolute Gasteiger partial charge is 0.495 e. The Labute approximate surface area is 266 Å². The predicted octanol–water partition coefficient (Wildman–Crippen LogP) is 5.75. The van der Waals surface area contributed by atoms with E-state index in [1.807, 2.05) is 13.8 Å². The maximum Gasteiger partial charge on any atom is 0.273 e.